The molecule has 2 amide bonds. The van der Waals surface area contributed by atoms with E-state index in [4.69, 9.17) is 14.2 Å². The first kappa shape index (κ1) is 18.7. The molecule has 7 heteroatoms. The van der Waals surface area contributed by atoms with Gasteiger partial charge in [0.05, 0.1) is 12.3 Å². The van der Waals surface area contributed by atoms with Gasteiger partial charge in [-0.2, -0.15) is 0 Å². The summed E-state index contributed by atoms with van der Waals surface area (Å²) in [7, 11) is 1.62. The maximum absolute atomic E-state index is 12.3. The number of benzene rings is 2. The highest BCUT2D eigenvalue weighted by atomic mass is 16.5. The summed E-state index contributed by atoms with van der Waals surface area (Å²) in [5, 5.41) is 2.83. The van der Waals surface area contributed by atoms with Crippen LogP contribution in [-0.2, 0) is 20.9 Å². The molecule has 0 aliphatic carbocycles. The number of ether oxygens (including phenoxy) is 3. The second-order valence-corrected chi connectivity index (χ2v) is 6.00. The quantitative estimate of drug-likeness (QED) is 0.717. The van der Waals surface area contributed by atoms with Gasteiger partial charge in [-0.15, -0.1) is 0 Å². The van der Waals surface area contributed by atoms with Crippen molar-refractivity contribution in [2.75, 3.05) is 38.4 Å². The smallest absolute Gasteiger partial charge is 0.265 e. The molecule has 0 unspecified atom stereocenters. The molecule has 0 spiro atoms. The Bertz CT molecular complexity index is 791. The van der Waals surface area contributed by atoms with Gasteiger partial charge in [-0.05, 0) is 29.8 Å². The maximum atomic E-state index is 12.3. The van der Waals surface area contributed by atoms with Gasteiger partial charge < -0.3 is 19.5 Å². The summed E-state index contributed by atoms with van der Waals surface area (Å²) in [5.41, 5.74) is 1.55. The molecule has 1 N–H and O–H groups in total. The van der Waals surface area contributed by atoms with Gasteiger partial charge in [-0.3, -0.25) is 14.5 Å². The Morgan fingerprint density at radius 2 is 1.93 bits per heavy atom. The van der Waals surface area contributed by atoms with Crippen molar-refractivity contribution >= 4 is 17.5 Å². The molecule has 1 aliphatic rings. The minimum atomic E-state index is -0.236. The largest absolute Gasteiger partial charge is 0.491 e. The summed E-state index contributed by atoms with van der Waals surface area (Å²) < 4.78 is 15.8. The molecule has 2 aromatic carbocycles. The molecule has 3 rings (SSSR count). The lowest BCUT2D eigenvalue weighted by Crippen LogP contribution is -2.45. The lowest BCUT2D eigenvalue weighted by atomic mass is 10.2. The average molecular weight is 370 g/mol. The summed E-state index contributed by atoms with van der Waals surface area (Å²) in [6.07, 6.45) is 0. The van der Waals surface area contributed by atoms with Crippen molar-refractivity contribution < 1.29 is 23.8 Å². The molecular formula is C20H22N2O5. The average Bonchev–Trinajstić information content (AvgIpc) is 2.70. The van der Waals surface area contributed by atoms with E-state index in [0.717, 1.165) is 11.3 Å². The van der Waals surface area contributed by atoms with Crippen molar-refractivity contribution in [3.63, 3.8) is 0 Å². The van der Waals surface area contributed by atoms with Crippen LogP contribution in [0, 0.1) is 0 Å². The van der Waals surface area contributed by atoms with E-state index < -0.39 is 0 Å². The molecule has 0 atom stereocenters. The Kier molecular flexibility index (Phi) is 6.27. The van der Waals surface area contributed by atoms with Crippen LogP contribution < -0.4 is 19.7 Å². The summed E-state index contributed by atoms with van der Waals surface area (Å²) in [6, 6.07) is 14.6. The van der Waals surface area contributed by atoms with Crippen LogP contribution in [0.25, 0.3) is 0 Å². The fraction of sp³-hybridized carbons (Fsp3) is 0.300. The number of nitrogens with zero attached hydrogens (tertiary/aromatic N) is 1. The third kappa shape index (κ3) is 4.98. The summed E-state index contributed by atoms with van der Waals surface area (Å²) in [5.74, 6) is 0.883. The molecule has 1 aliphatic heterocycles. The zero-order chi connectivity index (χ0) is 19.1. The predicted molar refractivity (Wildman–Crippen MR) is 99.9 cm³/mol. The van der Waals surface area contributed by atoms with Crippen LogP contribution in [0.5, 0.6) is 11.5 Å². The highest BCUT2D eigenvalue weighted by molar-refractivity contribution is 6.02. The lowest BCUT2D eigenvalue weighted by Gasteiger charge is -2.28. The van der Waals surface area contributed by atoms with E-state index in [1.54, 1.807) is 19.2 Å². The van der Waals surface area contributed by atoms with Gasteiger partial charge in [0, 0.05) is 13.7 Å². The molecule has 142 valence electrons. The molecule has 2 aromatic rings. The normalized spacial score (nSPS) is 12.9. The van der Waals surface area contributed by atoms with Gasteiger partial charge in [-0.1, -0.05) is 24.3 Å². The number of methoxy groups -OCH3 is 1. The summed E-state index contributed by atoms with van der Waals surface area (Å²) in [4.78, 5) is 25.9. The SMILES string of the molecule is COCCOc1ccc(CNC(=O)CN2C(=O)COc3ccccc32)cc1. The molecule has 0 aromatic heterocycles. The van der Waals surface area contributed by atoms with Gasteiger partial charge in [0.1, 0.15) is 24.7 Å². The minimum absolute atomic E-state index is 0.0442. The number of anilines is 1. The number of para-hydroxylation sites is 2. The fourth-order valence-electron chi connectivity index (χ4n) is 2.67. The number of hydrogen-bond acceptors (Lipinski definition) is 5. The van der Waals surface area contributed by atoms with E-state index in [1.165, 1.54) is 4.90 Å². The number of carbonyl (C=O) groups excluding carboxylic acids is 2. The van der Waals surface area contributed by atoms with Crippen molar-refractivity contribution in [3.05, 3.63) is 54.1 Å². The first-order valence-corrected chi connectivity index (χ1v) is 8.67. The molecule has 0 radical (unpaired) electrons. The summed E-state index contributed by atoms with van der Waals surface area (Å²) in [6.45, 7) is 1.28. The van der Waals surface area contributed by atoms with Crippen molar-refractivity contribution in [3.8, 4) is 11.5 Å². The first-order chi connectivity index (χ1) is 13.2. The third-order valence-corrected chi connectivity index (χ3v) is 4.08. The van der Waals surface area contributed by atoms with Crippen LogP contribution in [-0.4, -0.2) is 45.3 Å². The van der Waals surface area contributed by atoms with E-state index in [1.807, 2.05) is 36.4 Å². The van der Waals surface area contributed by atoms with E-state index in [2.05, 4.69) is 5.32 Å². The zero-order valence-corrected chi connectivity index (χ0v) is 15.1. The Morgan fingerprint density at radius 3 is 2.70 bits per heavy atom. The predicted octanol–water partition coefficient (Wildman–Crippen LogP) is 1.75. The van der Waals surface area contributed by atoms with Gasteiger partial charge in [0.15, 0.2) is 6.61 Å². The highest BCUT2D eigenvalue weighted by Gasteiger charge is 2.26. The van der Waals surface area contributed by atoms with Crippen molar-refractivity contribution in [2.24, 2.45) is 0 Å². The van der Waals surface area contributed by atoms with Crippen LogP contribution >= 0.6 is 0 Å². The minimum Gasteiger partial charge on any atom is -0.491 e. The number of fused-ring (bicyclic) bond motifs is 1. The van der Waals surface area contributed by atoms with Gasteiger partial charge in [0.2, 0.25) is 5.91 Å². The standard InChI is InChI=1S/C20H22N2O5/c1-25-10-11-26-16-8-6-15(7-9-16)12-21-19(23)13-22-17-4-2-3-5-18(17)27-14-20(22)24/h2-9H,10-14H2,1H3,(H,21,23). The molecule has 0 bridgehead atoms. The molecule has 0 saturated carbocycles. The van der Waals surface area contributed by atoms with Crippen molar-refractivity contribution in [2.45, 2.75) is 6.54 Å². The number of carbonyl (C=O) groups is 2. The van der Waals surface area contributed by atoms with E-state index in [0.29, 0.717) is 31.2 Å². The molecule has 1 heterocycles. The summed E-state index contributed by atoms with van der Waals surface area (Å²) >= 11 is 0. The second-order valence-electron chi connectivity index (χ2n) is 6.00. The van der Waals surface area contributed by atoms with Crippen LogP contribution in [0.1, 0.15) is 5.56 Å². The Labute approximate surface area is 157 Å². The molecular weight excluding hydrogens is 348 g/mol. The third-order valence-electron chi connectivity index (χ3n) is 4.08. The van der Waals surface area contributed by atoms with Crippen molar-refractivity contribution in [1.29, 1.82) is 0 Å². The Balaban J connectivity index is 1.52. The van der Waals surface area contributed by atoms with Gasteiger partial charge in [0.25, 0.3) is 5.91 Å². The topological polar surface area (TPSA) is 77.1 Å². The number of rotatable bonds is 8. The van der Waals surface area contributed by atoms with Crippen LogP contribution in [0.15, 0.2) is 48.5 Å². The van der Waals surface area contributed by atoms with Crippen LogP contribution in [0.3, 0.4) is 0 Å². The lowest BCUT2D eigenvalue weighted by molar-refractivity contribution is -0.125. The van der Waals surface area contributed by atoms with Crippen LogP contribution in [0.4, 0.5) is 5.69 Å². The highest BCUT2D eigenvalue weighted by Crippen LogP contribution is 2.31. The van der Waals surface area contributed by atoms with Crippen LogP contribution in [0.2, 0.25) is 0 Å². The second kappa shape index (κ2) is 9.05. The first-order valence-electron chi connectivity index (χ1n) is 8.67. The zero-order valence-electron chi connectivity index (χ0n) is 15.1. The number of hydrogen-bond donors (Lipinski definition) is 1. The van der Waals surface area contributed by atoms with Gasteiger partial charge in [-0.25, -0.2) is 0 Å². The monoisotopic (exact) mass is 370 g/mol. The number of amides is 2. The Morgan fingerprint density at radius 1 is 1.15 bits per heavy atom. The fourth-order valence-corrected chi connectivity index (χ4v) is 2.67. The van der Waals surface area contributed by atoms with Crippen molar-refractivity contribution in [1.82, 2.24) is 5.32 Å². The molecule has 7 nitrogen and oxygen atoms in total. The van der Waals surface area contributed by atoms with E-state index in [-0.39, 0.29) is 25.0 Å². The maximum Gasteiger partial charge on any atom is 0.265 e. The Hall–Kier alpha value is -3.06. The molecule has 0 fully saturated rings. The van der Waals surface area contributed by atoms with E-state index >= 15 is 0 Å². The number of nitrogens with one attached hydrogen (secondary N) is 1. The van der Waals surface area contributed by atoms with Gasteiger partial charge >= 0.3 is 0 Å². The van der Waals surface area contributed by atoms with E-state index in [9.17, 15) is 9.59 Å². The molecule has 0 saturated heterocycles. The molecule has 27 heavy (non-hydrogen) atoms.